The van der Waals surface area contributed by atoms with E-state index in [1.54, 1.807) is 6.20 Å². The highest BCUT2D eigenvalue weighted by molar-refractivity contribution is 5.38. The van der Waals surface area contributed by atoms with Crippen molar-refractivity contribution in [2.75, 3.05) is 11.1 Å². The van der Waals surface area contributed by atoms with E-state index in [2.05, 4.69) is 15.3 Å². The number of nitrogens with two attached hydrogens (primary N) is 1. The fourth-order valence-electron chi connectivity index (χ4n) is 2.09. The molecular formula is C11H18N4. The summed E-state index contributed by atoms with van der Waals surface area (Å²) in [5.41, 5.74) is 5.53. The second-order valence-corrected chi connectivity index (χ2v) is 4.13. The van der Waals surface area contributed by atoms with Crippen LogP contribution in [-0.4, -0.2) is 16.0 Å². The average Bonchev–Trinajstić information content (AvgIpc) is 2.46. The zero-order valence-electron chi connectivity index (χ0n) is 8.95. The van der Waals surface area contributed by atoms with Gasteiger partial charge in [-0.1, -0.05) is 25.7 Å². The van der Waals surface area contributed by atoms with Crippen molar-refractivity contribution in [2.24, 2.45) is 0 Å². The quantitative estimate of drug-likeness (QED) is 0.728. The van der Waals surface area contributed by atoms with Gasteiger partial charge >= 0.3 is 0 Å². The van der Waals surface area contributed by atoms with Gasteiger partial charge in [0, 0.05) is 12.2 Å². The third-order valence-electron chi connectivity index (χ3n) is 2.88. The van der Waals surface area contributed by atoms with Crippen molar-refractivity contribution in [3.63, 3.8) is 0 Å². The van der Waals surface area contributed by atoms with Gasteiger partial charge in [-0.15, -0.1) is 0 Å². The van der Waals surface area contributed by atoms with E-state index in [0.717, 1.165) is 5.82 Å². The van der Waals surface area contributed by atoms with Gasteiger partial charge in [-0.3, -0.25) is 0 Å². The van der Waals surface area contributed by atoms with Gasteiger partial charge in [-0.05, 0) is 18.9 Å². The minimum Gasteiger partial charge on any atom is -0.368 e. The molecule has 4 nitrogen and oxygen atoms in total. The van der Waals surface area contributed by atoms with Crippen LogP contribution in [0.1, 0.15) is 38.5 Å². The number of anilines is 2. The van der Waals surface area contributed by atoms with Crippen LogP contribution in [0.3, 0.4) is 0 Å². The van der Waals surface area contributed by atoms with Crippen LogP contribution >= 0.6 is 0 Å². The van der Waals surface area contributed by atoms with E-state index in [1.165, 1.54) is 38.5 Å². The number of nitrogens with zero attached hydrogens (tertiary/aromatic N) is 2. The summed E-state index contributed by atoms with van der Waals surface area (Å²) < 4.78 is 0. The fourth-order valence-corrected chi connectivity index (χ4v) is 2.09. The van der Waals surface area contributed by atoms with Gasteiger partial charge in [0.25, 0.3) is 0 Å². The van der Waals surface area contributed by atoms with Crippen molar-refractivity contribution in [3.05, 3.63) is 12.3 Å². The average molecular weight is 206 g/mol. The van der Waals surface area contributed by atoms with Crippen molar-refractivity contribution in [1.29, 1.82) is 0 Å². The van der Waals surface area contributed by atoms with Crippen molar-refractivity contribution in [3.8, 4) is 0 Å². The molecule has 0 aliphatic heterocycles. The lowest BCUT2D eigenvalue weighted by molar-refractivity contribution is 0.617. The number of hydrogen-bond donors (Lipinski definition) is 2. The lowest BCUT2D eigenvalue weighted by atomic mass is 10.1. The standard InChI is InChI=1S/C11H18N4/c12-11-13-8-7-10(15-11)14-9-5-3-1-2-4-6-9/h7-9H,1-6H2,(H3,12,13,14,15). The molecule has 15 heavy (non-hydrogen) atoms. The zero-order chi connectivity index (χ0) is 10.5. The predicted octanol–water partition coefficient (Wildman–Crippen LogP) is 2.19. The third-order valence-corrected chi connectivity index (χ3v) is 2.88. The number of nitrogens with one attached hydrogen (secondary N) is 1. The molecular weight excluding hydrogens is 188 g/mol. The van der Waals surface area contributed by atoms with Crippen LogP contribution in [0.2, 0.25) is 0 Å². The summed E-state index contributed by atoms with van der Waals surface area (Å²) in [4.78, 5) is 8.03. The minimum atomic E-state index is 0.341. The number of aromatic nitrogens is 2. The molecule has 4 heteroatoms. The fraction of sp³-hybridized carbons (Fsp3) is 0.636. The number of nitrogen functional groups attached to an aromatic ring is 1. The molecule has 1 saturated carbocycles. The Hall–Kier alpha value is -1.32. The Morgan fingerprint density at radius 3 is 2.60 bits per heavy atom. The molecule has 82 valence electrons. The van der Waals surface area contributed by atoms with E-state index >= 15 is 0 Å². The maximum atomic E-state index is 5.53. The number of rotatable bonds is 2. The first kappa shape index (κ1) is 10.2. The molecule has 1 aliphatic rings. The van der Waals surface area contributed by atoms with Crippen molar-refractivity contribution >= 4 is 11.8 Å². The lowest BCUT2D eigenvalue weighted by Crippen LogP contribution is -2.19. The molecule has 1 fully saturated rings. The summed E-state index contributed by atoms with van der Waals surface area (Å²) in [6.07, 6.45) is 9.54. The van der Waals surface area contributed by atoms with E-state index < -0.39 is 0 Å². The first-order valence-corrected chi connectivity index (χ1v) is 5.69. The monoisotopic (exact) mass is 206 g/mol. The highest BCUT2D eigenvalue weighted by atomic mass is 15.1. The highest BCUT2D eigenvalue weighted by Crippen LogP contribution is 2.20. The van der Waals surface area contributed by atoms with Crippen LogP contribution < -0.4 is 11.1 Å². The molecule has 1 aromatic rings. The summed E-state index contributed by atoms with van der Waals surface area (Å²) in [6.45, 7) is 0. The largest absolute Gasteiger partial charge is 0.368 e. The molecule has 0 saturated heterocycles. The molecule has 1 heterocycles. The second kappa shape index (κ2) is 4.96. The summed E-state index contributed by atoms with van der Waals surface area (Å²) in [7, 11) is 0. The van der Waals surface area contributed by atoms with Gasteiger partial charge in [-0.25, -0.2) is 4.98 Å². The molecule has 2 rings (SSSR count). The Kier molecular flexibility index (Phi) is 3.37. The molecule has 1 aliphatic carbocycles. The van der Waals surface area contributed by atoms with E-state index in [-0.39, 0.29) is 0 Å². The Balaban J connectivity index is 1.95. The van der Waals surface area contributed by atoms with E-state index in [0.29, 0.717) is 12.0 Å². The second-order valence-electron chi connectivity index (χ2n) is 4.13. The first-order chi connectivity index (χ1) is 7.34. The Labute approximate surface area is 90.3 Å². The van der Waals surface area contributed by atoms with Crippen LogP contribution in [0.4, 0.5) is 11.8 Å². The highest BCUT2D eigenvalue weighted by Gasteiger charge is 2.12. The van der Waals surface area contributed by atoms with Gasteiger partial charge in [0.15, 0.2) is 0 Å². The molecule has 0 unspecified atom stereocenters. The van der Waals surface area contributed by atoms with Crippen LogP contribution in [0.25, 0.3) is 0 Å². The normalized spacial score (nSPS) is 18.4. The topological polar surface area (TPSA) is 63.8 Å². The van der Waals surface area contributed by atoms with E-state index in [9.17, 15) is 0 Å². The van der Waals surface area contributed by atoms with Crippen LogP contribution in [0, 0.1) is 0 Å². The van der Waals surface area contributed by atoms with Crippen LogP contribution in [-0.2, 0) is 0 Å². The molecule has 0 radical (unpaired) electrons. The van der Waals surface area contributed by atoms with E-state index in [1.807, 2.05) is 6.07 Å². The molecule has 0 atom stereocenters. The van der Waals surface area contributed by atoms with Crippen LogP contribution in [0.15, 0.2) is 12.3 Å². The summed E-state index contributed by atoms with van der Waals surface area (Å²) in [5, 5.41) is 3.43. The summed E-state index contributed by atoms with van der Waals surface area (Å²) >= 11 is 0. The SMILES string of the molecule is Nc1nccc(NC2CCCCCC2)n1. The Bertz CT molecular complexity index is 305. The zero-order valence-corrected chi connectivity index (χ0v) is 8.95. The molecule has 0 spiro atoms. The molecule has 0 amide bonds. The minimum absolute atomic E-state index is 0.341. The van der Waals surface area contributed by atoms with Gasteiger partial charge in [0.05, 0.1) is 0 Å². The molecule has 0 bridgehead atoms. The van der Waals surface area contributed by atoms with Gasteiger partial charge in [0.1, 0.15) is 5.82 Å². The Morgan fingerprint density at radius 2 is 1.93 bits per heavy atom. The third kappa shape index (κ3) is 3.08. The molecule has 3 N–H and O–H groups in total. The van der Waals surface area contributed by atoms with Gasteiger partial charge < -0.3 is 11.1 Å². The summed E-state index contributed by atoms with van der Waals surface area (Å²) in [5.74, 6) is 1.20. The van der Waals surface area contributed by atoms with E-state index in [4.69, 9.17) is 5.73 Å². The summed E-state index contributed by atoms with van der Waals surface area (Å²) in [6, 6.07) is 2.43. The van der Waals surface area contributed by atoms with Crippen molar-refractivity contribution in [1.82, 2.24) is 9.97 Å². The predicted molar refractivity (Wildman–Crippen MR) is 61.6 cm³/mol. The van der Waals surface area contributed by atoms with Crippen molar-refractivity contribution < 1.29 is 0 Å². The van der Waals surface area contributed by atoms with Crippen LogP contribution in [0.5, 0.6) is 0 Å². The smallest absolute Gasteiger partial charge is 0.221 e. The van der Waals surface area contributed by atoms with Gasteiger partial charge in [0.2, 0.25) is 5.95 Å². The van der Waals surface area contributed by atoms with Gasteiger partial charge in [-0.2, -0.15) is 4.98 Å². The maximum Gasteiger partial charge on any atom is 0.221 e. The maximum absolute atomic E-state index is 5.53. The number of hydrogen-bond acceptors (Lipinski definition) is 4. The Morgan fingerprint density at radius 1 is 1.20 bits per heavy atom. The first-order valence-electron chi connectivity index (χ1n) is 5.69. The molecule has 1 aromatic heterocycles. The lowest BCUT2D eigenvalue weighted by Gasteiger charge is -2.16. The molecule has 0 aromatic carbocycles. The van der Waals surface area contributed by atoms with Crippen molar-refractivity contribution in [2.45, 2.75) is 44.6 Å².